The van der Waals surface area contributed by atoms with Crippen LogP contribution in [0.4, 0.5) is 8.78 Å². The molecule has 0 aliphatic carbocycles. The van der Waals surface area contributed by atoms with Crippen LogP contribution in [0.25, 0.3) is 0 Å². The molecule has 0 heterocycles. The smallest absolute Gasteiger partial charge is 0.279 e. The number of aliphatic hydroxyl groups excluding tert-OH is 1. The third kappa shape index (κ3) is 2.56. The molecule has 1 rings (SSSR count). The number of hydrogen-bond acceptors (Lipinski definition) is 3. The van der Waals surface area contributed by atoms with E-state index in [2.05, 4.69) is 0 Å². The second kappa shape index (κ2) is 4.44. The SMILES string of the molecule is COc1cc(O)ccc1C(F)(F)CCO. The molecular weight excluding hydrogens is 206 g/mol. The van der Waals surface area contributed by atoms with E-state index in [4.69, 9.17) is 14.9 Å². The Morgan fingerprint density at radius 3 is 2.60 bits per heavy atom. The molecule has 0 aliphatic heterocycles. The minimum atomic E-state index is -3.16. The van der Waals surface area contributed by atoms with Gasteiger partial charge in [-0.05, 0) is 12.1 Å². The molecule has 0 unspecified atom stereocenters. The van der Waals surface area contributed by atoms with Crippen molar-refractivity contribution in [3.63, 3.8) is 0 Å². The summed E-state index contributed by atoms with van der Waals surface area (Å²) < 4.78 is 31.6. The quantitative estimate of drug-likeness (QED) is 0.811. The summed E-state index contributed by atoms with van der Waals surface area (Å²) in [5, 5.41) is 17.6. The minimum Gasteiger partial charge on any atom is -0.508 e. The average Bonchev–Trinajstić information content (AvgIpc) is 2.17. The van der Waals surface area contributed by atoms with Gasteiger partial charge in [-0.25, -0.2) is 8.78 Å². The molecule has 0 saturated carbocycles. The lowest BCUT2D eigenvalue weighted by Crippen LogP contribution is -2.16. The van der Waals surface area contributed by atoms with Crippen molar-refractivity contribution in [2.45, 2.75) is 12.3 Å². The number of ether oxygens (including phenoxy) is 1. The van der Waals surface area contributed by atoms with Gasteiger partial charge in [0.15, 0.2) is 0 Å². The number of methoxy groups -OCH3 is 1. The first-order chi connectivity index (χ1) is 7.01. The molecule has 0 bridgehead atoms. The largest absolute Gasteiger partial charge is 0.508 e. The maximum absolute atomic E-state index is 13.4. The second-order valence-corrected chi connectivity index (χ2v) is 3.06. The Morgan fingerprint density at radius 1 is 1.40 bits per heavy atom. The highest BCUT2D eigenvalue weighted by Crippen LogP contribution is 2.38. The number of aliphatic hydroxyl groups is 1. The number of phenols is 1. The first-order valence-electron chi connectivity index (χ1n) is 4.37. The van der Waals surface area contributed by atoms with Crippen LogP contribution in [0.2, 0.25) is 0 Å². The van der Waals surface area contributed by atoms with Crippen molar-refractivity contribution < 1.29 is 23.7 Å². The van der Waals surface area contributed by atoms with E-state index in [9.17, 15) is 8.78 Å². The Balaban J connectivity index is 3.12. The van der Waals surface area contributed by atoms with Crippen molar-refractivity contribution >= 4 is 0 Å². The zero-order chi connectivity index (χ0) is 11.5. The van der Waals surface area contributed by atoms with E-state index in [0.29, 0.717) is 0 Å². The van der Waals surface area contributed by atoms with E-state index >= 15 is 0 Å². The van der Waals surface area contributed by atoms with Crippen molar-refractivity contribution in [2.24, 2.45) is 0 Å². The van der Waals surface area contributed by atoms with Crippen LogP contribution in [0.3, 0.4) is 0 Å². The molecule has 0 aromatic heterocycles. The summed E-state index contributed by atoms with van der Waals surface area (Å²) in [6.07, 6.45) is -0.672. The van der Waals surface area contributed by atoms with Gasteiger partial charge < -0.3 is 14.9 Å². The summed E-state index contributed by atoms with van der Waals surface area (Å²) in [4.78, 5) is 0. The Kier molecular flexibility index (Phi) is 3.47. The van der Waals surface area contributed by atoms with Crippen LogP contribution in [-0.2, 0) is 5.92 Å². The van der Waals surface area contributed by atoms with Crippen LogP contribution in [0.1, 0.15) is 12.0 Å². The zero-order valence-electron chi connectivity index (χ0n) is 8.20. The van der Waals surface area contributed by atoms with E-state index in [1.165, 1.54) is 7.11 Å². The van der Waals surface area contributed by atoms with Crippen molar-refractivity contribution in [3.05, 3.63) is 23.8 Å². The van der Waals surface area contributed by atoms with Crippen molar-refractivity contribution in [3.8, 4) is 11.5 Å². The third-order valence-corrected chi connectivity index (χ3v) is 2.00. The van der Waals surface area contributed by atoms with E-state index in [-0.39, 0.29) is 17.1 Å². The summed E-state index contributed by atoms with van der Waals surface area (Å²) in [6.45, 7) is -0.614. The number of aromatic hydroxyl groups is 1. The maximum Gasteiger partial charge on any atom is 0.279 e. The summed E-state index contributed by atoms with van der Waals surface area (Å²) in [5.74, 6) is -3.39. The maximum atomic E-state index is 13.4. The van der Waals surface area contributed by atoms with Gasteiger partial charge in [0.2, 0.25) is 0 Å². The van der Waals surface area contributed by atoms with Crippen molar-refractivity contribution in [1.29, 1.82) is 0 Å². The summed E-state index contributed by atoms with van der Waals surface area (Å²) in [7, 11) is 1.24. The number of benzene rings is 1. The molecule has 0 aliphatic rings. The molecule has 0 saturated heterocycles. The van der Waals surface area contributed by atoms with E-state index in [0.717, 1.165) is 18.2 Å². The molecule has 5 heteroatoms. The van der Waals surface area contributed by atoms with E-state index in [1.54, 1.807) is 0 Å². The first kappa shape index (κ1) is 11.7. The van der Waals surface area contributed by atoms with Gasteiger partial charge in [0.25, 0.3) is 5.92 Å². The predicted octanol–water partition coefficient (Wildman–Crippen LogP) is 1.88. The van der Waals surface area contributed by atoms with Gasteiger partial charge in [-0.1, -0.05) is 0 Å². The second-order valence-electron chi connectivity index (χ2n) is 3.06. The van der Waals surface area contributed by atoms with E-state index in [1.807, 2.05) is 0 Å². The minimum absolute atomic E-state index is 0.0894. The van der Waals surface area contributed by atoms with Gasteiger partial charge in [0.05, 0.1) is 12.7 Å². The normalized spacial score (nSPS) is 11.5. The van der Waals surface area contributed by atoms with Gasteiger partial charge in [-0.3, -0.25) is 0 Å². The lowest BCUT2D eigenvalue weighted by Gasteiger charge is -2.18. The number of hydrogen-bond donors (Lipinski definition) is 2. The molecule has 84 valence electrons. The van der Waals surface area contributed by atoms with Crippen LogP contribution in [0, 0.1) is 0 Å². The van der Waals surface area contributed by atoms with Crippen molar-refractivity contribution in [1.82, 2.24) is 0 Å². The first-order valence-corrected chi connectivity index (χ1v) is 4.37. The molecule has 2 N–H and O–H groups in total. The Labute approximate surface area is 85.9 Å². The van der Waals surface area contributed by atoms with Crippen LogP contribution >= 0.6 is 0 Å². The zero-order valence-corrected chi connectivity index (χ0v) is 8.20. The highest BCUT2D eigenvalue weighted by atomic mass is 19.3. The monoisotopic (exact) mass is 218 g/mol. The fraction of sp³-hybridized carbons (Fsp3) is 0.400. The standard InChI is InChI=1S/C10H12F2O3/c1-15-9-6-7(14)2-3-8(9)10(11,12)4-5-13/h2-3,6,13-14H,4-5H2,1H3. The Morgan fingerprint density at radius 2 is 2.07 bits per heavy atom. The van der Waals surface area contributed by atoms with Gasteiger partial charge >= 0.3 is 0 Å². The fourth-order valence-corrected chi connectivity index (χ4v) is 1.26. The Hall–Kier alpha value is -1.36. The summed E-state index contributed by atoms with van der Waals surface area (Å²) >= 11 is 0. The summed E-state index contributed by atoms with van der Waals surface area (Å²) in [6, 6.07) is 3.35. The van der Waals surface area contributed by atoms with Gasteiger partial charge in [-0.15, -0.1) is 0 Å². The van der Waals surface area contributed by atoms with E-state index < -0.39 is 19.0 Å². The highest BCUT2D eigenvalue weighted by molar-refractivity contribution is 5.42. The molecule has 0 radical (unpaired) electrons. The lowest BCUT2D eigenvalue weighted by atomic mass is 10.0. The average molecular weight is 218 g/mol. The van der Waals surface area contributed by atoms with Crippen LogP contribution in [0.15, 0.2) is 18.2 Å². The summed E-state index contributed by atoms with van der Waals surface area (Å²) in [5.41, 5.74) is -0.336. The van der Waals surface area contributed by atoms with Gasteiger partial charge in [0.1, 0.15) is 11.5 Å². The molecule has 1 aromatic rings. The molecule has 0 atom stereocenters. The molecule has 1 aromatic carbocycles. The number of phenolic OH excluding ortho intramolecular Hbond substituents is 1. The van der Waals surface area contributed by atoms with Gasteiger partial charge in [0, 0.05) is 19.1 Å². The topological polar surface area (TPSA) is 49.7 Å². The van der Waals surface area contributed by atoms with Crippen LogP contribution in [0.5, 0.6) is 11.5 Å². The lowest BCUT2D eigenvalue weighted by molar-refractivity contribution is -0.0287. The van der Waals surface area contributed by atoms with Crippen LogP contribution in [-0.4, -0.2) is 23.9 Å². The third-order valence-electron chi connectivity index (χ3n) is 2.00. The van der Waals surface area contributed by atoms with Crippen LogP contribution < -0.4 is 4.74 Å². The number of rotatable bonds is 4. The number of alkyl halides is 2. The molecule has 15 heavy (non-hydrogen) atoms. The molecule has 0 amide bonds. The molecule has 3 nitrogen and oxygen atoms in total. The number of halogens is 2. The highest BCUT2D eigenvalue weighted by Gasteiger charge is 2.34. The van der Waals surface area contributed by atoms with Gasteiger partial charge in [-0.2, -0.15) is 0 Å². The molecular formula is C10H12F2O3. The predicted molar refractivity (Wildman–Crippen MR) is 50.3 cm³/mol. The fourth-order valence-electron chi connectivity index (χ4n) is 1.26. The molecule has 0 spiro atoms. The molecule has 0 fully saturated rings. The Bertz CT molecular complexity index is 339. The van der Waals surface area contributed by atoms with Crippen molar-refractivity contribution in [2.75, 3.05) is 13.7 Å².